The molecule has 2 heterocycles. The lowest BCUT2D eigenvalue weighted by molar-refractivity contribution is -0.121. The second-order valence-electron chi connectivity index (χ2n) is 7.71. The average Bonchev–Trinajstić information content (AvgIpc) is 2.77. The summed E-state index contributed by atoms with van der Waals surface area (Å²) in [6.45, 7) is 1.87. The molecule has 1 aliphatic rings. The van der Waals surface area contributed by atoms with Gasteiger partial charge in [-0.15, -0.1) is 0 Å². The van der Waals surface area contributed by atoms with Crippen LogP contribution in [0.15, 0.2) is 53.3 Å². The fourth-order valence-corrected chi connectivity index (χ4v) is 4.10. The number of aromatic amines is 1. The zero-order valence-corrected chi connectivity index (χ0v) is 17.4. The summed E-state index contributed by atoms with van der Waals surface area (Å²) in [5.41, 5.74) is 1.46. The molecular formula is C23H24ClN3O3. The number of halogens is 1. The minimum Gasteiger partial charge on any atom is -0.381 e. The number of carbonyl (C=O) groups is 1. The minimum absolute atomic E-state index is 0.0642. The lowest BCUT2D eigenvalue weighted by Crippen LogP contribution is -2.44. The van der Waals surface area contributed by atoms with Gasteiger partial charge in [0.1, 0.15) is 5.82 Å². The van der Waals surface area contributed by atoms with Crippen LogP contribution in [0.25, 0.3) is 10.9 Å². The number of hydrogen-bond donors (Lipinski definition) is 2. The number of aryl methyl sites for hydroxylation is 1. The van der Waals surface area contributed by atoms with E-state index < -0.39 is 0 Å². The van der Waals surface area contributed by atoms with Crippen LogP contribution >= 0.6 is 11.6 Å². The summed E-state index contributed by atoms with van der Waals surface area (Å²) in [7, 11) is 0. The van der Waals surface area contributed by atoms with Gasteiger partial charge in [0.05, 0.1) is 10.9 Å². The van der Waals surface area contributed by atoms with Crippen molar-refractivity contribution in [3.8, 4) is 0 Å². The van der Waals surface area contributed by atoms with Gasteiger partial charge >= 0.3 is 0 Å². The highest BCUT2D eigenvalue weighted by molar-refractivity contribution is 6.30. The standard InChI is InChI=1S/C23H24ClN3O3/c24-17-7-5-16(6-8-17)23(11-13-30-14-12-23)15-25-21(28)10-9-20-26-19-4-2-1-3-18(19)22(29)27-20/h1-8H,9-15H2,(H,25,28)(H,26,27,29). The number of nitrogens with one attached hydrogen (secondary N) is 2. The molecule has 0 bridgehead atoms. The molecule has 1 aromatic heterocycles. The summed E-state index contributed by atoms with van der Waals surface area (Å²) in [5.74, 6) is 0.456. The summed E-state index contributed by atoms with van der Waals surface area (Å²) >= 11 is 6.04. The van der Waals surface area contributed by atoms with Crippen LogP contribution in [0.5, 0.6) is 0 Å². The van der Waals surface area contributed by atoms with Crippen molar-refractivity contribution in [3.05, 3.63) is 75.3 Å². The van der Waals surface area contributed by atoms with E-state index in [0.29, 0.717) is 47.9 Å². The van der Waals surface area contributed by atoms with Gasteiger partial charge in [0.15, 0.2) is 0 Å². The molecule has 2 N–H and O–H groups in total. The molecule has 0 unspecified atom stereocenters. The van der Waals surface area contributed by atoms with Crippen molar-refractivity contribution in [1.29, 1.82) is 0 Å². The Morgan fingerprint density at radius 1 is 1.13 bits per heavy atom. The SMILES string of the molecule is O=C(CCc1nc2ccccc2c(=O)[nH]1)NCC1(c2ccc(Cl)cc2)CCOCC1. The Labute approximate surface area is 179 Å². The Morgan fingerprint density at radius 3 is 2.63 bits per heavy atom. The van der Waals surface area contributed by atoms with Crippen molar-refractivity contribution in [1.82, 2.24) is 15.3 Å². The summed E-state index contributed by atoms with van der Waals surface area (Å²) in [6.07, 6.45) is 2.32. The zero-order valence-electron chi connectivity index (χ0n) is 16.6. The minimum atomic E-state index is -0.181. The van der Waals surface area contributed by atoms with Crippen LogP contribution in [-0.4, -0.2) is 35.6 Å². The number of nitrogens with zero attached hydrogens (tertiary/aromatic N) is 1. The molecule has 4 rings (SSSR count). The molecule has 30 heavy (non-hydrogen) atoms. The fraction of sp³-hybridized carbons (Fsp3) is 0.348. The molecule has 3 aromatic rings. The first-order valence-electron chi connectivity index (χ1n) is 10.1. The highest BCUT2D eigenvalue weighted by Gasteiger charge is 2.34. The molecule has 1 fully saturated rings. The number of rotatable bonds is 6. The van der Waals surface area contributed by atoms with Crippen LogP contribution < -0.4 is 10.9 Å². The average molecular weight is 426 g/mol. The van der Waals surface area contributed by atoms with Crippen molar-refractivity contribution in [2.45, 2.75) is 31.1 Å². The van der Waals surface area contributed by atoms with Gasteiger partial charge < -0.3 is 15.0 Å². The molecule has 0 aliphatic carbocycles. The van der Waals surface area contributed by atoms with Gasteiger partial charge in [0, 0.05) is 43.0 Å². The van der Waals surface area contributed by atoms with Crippen LogP contribution in [0, 0.1) is 0 Å². The topological polar surface area (TPSA) is 84.1 Å². The number of carbonyl (C=O) groups excluding carboxylic acids is 1. The third-order valence-electron chi connectivity index (χ3n) is 5.78. The van der Waals surface area contributed by atoms with Crippen LogP contribution in [-0.2, 0) is 21.4 Å². The number of benzene rings is 2. The Kier molecular flexibility index (Phi) is 6.16. The van der Waals surface area contributed by atoms with Gasteiger partial charge in [0.25, 0.3) is 5.56 Å². The third kappa shape index (κ3) is 4.55. The first kappa shape index (κ1) is 20.6. The number of H-pyrrole nitrogens is 1. The third-order valence-corrected chi connectivity index (χ3v) is 6.03. The van der Waals surface area contributed by atoms with Crippen molar-refractivity contribution < 1.29 is 9.53 Å². The molecule has 7 heteroatoms. The van der Waals surface area contributed by atoms with E-state index in [9.17, 15) is 9.59 Å². The van der Waals surface area contributed by atoms with Crippen molar-refractivity contribution in [2.24, 2.45) is 0 Å². The Morgan fingerprint density at radius 2 is 1.87 bits per heavy atom. The molecule has 6 nitrogen and oxygen atoms in total. The van der Waals surface area contributed by atoms with Gasteiger partial charge in [-0.25, -0.2) is 4.98 Å². The number of hydrogen-bond acceptors (Lipinski definition) is 4. The first-order valence-corrected chi connectivity index (χ1v) is 10.5. The van der Waals surface area contributed by atoms with Crippen molar-refractivity contribution in [3.63, 3.8) is 0 Å². The zero-order chi connectivity index (χ0) is 21.0. The largest absolute Gasteiger partial charge is 0.381 e. The molecule has 1 amide bonds. The molecule has 0 atom stereocenters. The van der Waals surface area contributed by atoms with Gasteiger partial charge in [-0.2, -0.15) is 0 Å². The lowest BCUT2D eigenvalue weighted by atomic mass is 9.74. The van der Waals surface area contributed by atoms with Crippen LogP contribution in [0.4, 0.5) is 0 Å². The quantitative estimate of drug-likeness (QED) is 0.634. The molecule has 1 aliphatic heterocycles. The van der Waals surface area contributed by atoms with Crippen LogP contribution in [0.3, 0.4) is 0 Å². The first-order chi connectivity index (χ1) is 14.6. The highest BCUT2D eigenvalue weighted by atomic mass is 35.5. The Balaban J connectivity index is 1.40. The predicted octanol–water partition coefficient (Wildman–Crippen LogP) is 3.37. The Bertz CT molecular complexity index is 1090. The fourth-order valence-electron chi connectivity index (χ4n) is 3.97. The smallest absolute Gasteiger partial charge is 0.258 e. The van der Waals surface area contributed by atoms with E-state index in [4.69, 9.17) is 16.3 Å². The summed E-state index contributed by atoms with van der Waals surface area (Å²) < 4.78 is 5.55. The normalized spacial score (nSPS) is 15.8. The molecule has 1 saturated heterocycles. The molecular weight excluding hydrogens is 402 g/mol. The molecule has 0 radical (unpaired) electrons. The van der Waals surface area contributed by atoms with E-state index in [1.54, 1.807) is 18.2 Å². The number of fused-ring (bicyclic) bond motifs is 1. The highest BCUT2D eigenvalue weighted by Crippen LogP contribution is 2.34. The molecule has 0 spiro atoms. The van der Waals surface area contributed by atoms with Gasteiger partial charge in [-0.1, -0.05) is 35.9 Å². The Hall–Kier alpha value is -2.70. The number of para-hydroxylation sites is 1. The predicted molar refractivity (Wildman–Crippen MR) is 117 cm³/mol. The van der Waals surface area contributed by atoms with Crippen molar-refractivity contribution >= 4 is 28.4 Å². The van der Waals surface area contributed by atoms with E-state index >= 15 is 0 Å². The van der Waals surface area contributed by atoms with E-state index in [2.05, 4.69) is 15.3 Å². The van der Waals surface area contributed by atoms with Crippen LogP contribution in [0.1, 0.15) is 30.7 Å². The lowest BCUT2D eigenvalue weighted by Gasteiger charge is -2.38. The molecule has 2 aromatic carbocycles. The van der Waals surface area contributed by atoms with E-state index in [-0.39, 0.29) is 23.3 Å². The maximum atomic E-state index is 12.6. The summed E-state index contributed by atoms with van der Waals surface area (Å²) in [6, 6.07) is 15.0. The second kappa shape index (κ2) is 8.98. The summed E-state index contributed by atoms with van der Waals surface area (Å²) in [4.78, 5) is 32.0. The van der Waals surface area contributed by atoms with E-state index in [1.807, 2.05) is 30.3 Å². The maximum absolute atomic E-state index is 12.6. The maximum Gasteiger partial charge on any atom is 0.258 e. The second-order valence-corrected chi connectivity index (χ2v) is 8.14. The summed E-state index contributed by atoms with van der Waals surface area (Å²) in [5, 5.41) is 4.33. The van der Waals surface area contributed by atoms with E-state index in [1.165, 1.54) is 0 Å². The van der Waals surface area contributed by atoms with Gasteiger partial charge in [-0.05, 0) is 42.7 Å². The number of aromatic nitrogens is 2. The number of amides is 1. The monoisotopic (exact) mass is 425 g/mol. The number of ether oxygens (including phenoxy) is 1. The van der Waals surface area contributed by atoms with Crippen molar-refractivity contribution in [2.75, 3.05) is 19.8 Å². The van der Waals surface area contributed by atoms with Gasteiger partial charge in [-0.3, -0.25) is 9.59 Å². The molecule has 156 valence electrons. The van der Waals surface area contributed by atoms with Gasteiger partial charge in [0.2, 0.25) is 5.91 Å². The van der Waals surface area contributed by atoms with Crippen LogP contribution in [0.2, 0.25) is 5.02 Å². The van der Waals surface area contributed by atoms with E-state index in [0.717, 1.165) is 18.4 Å². The molecule has 0 saturated carbocycles.